The van der Waals surface area contributed by atoms with E-state index < -0.39 is 20.0 Å². The summed E-state index contributed by atoms with van der Waals surface area (Å²) in [6.07, 6.45) is 0. The van der Waals surface area contributed by atoms with Crippen LogP contribution in [0.2, 0.25) is 13.7 Å². The van der Waals surface area contributed by atoms with E-state index in [-0.39, 0.29) is 19.8 Å². The highest BCUT2D eigenvalue weighted by atomic mass is 35.5. The summed E-state index contributed by atoms with van der Waals surface area (Å²) in [5, 5.41) is 0.456. The summed E-state index contributed by atoms with van der Waals surface area (Å²) in [6, 6.07) is 17.3. The largest absolute Gasteiger partial charge is 0.277 e. The third kappa shape index (κ3) is 5.48. The maximum Gasteiger partial charge on any atom is 0.271 e. The van der Waals surface area contributed by atoms with Crippen LogP contribution in [0.15, 0.2) is 75.1 Å². The van der Waals surface area contributed by atoms with Crippen molar-refractivity contribution in [2.45, 2.75) is 8.42 Å². The first-order valence-corrected chi connectivity index (χ1v) is 14.7. The van der Waals surface area contributed by atoms with Crippen LogP contribution >= 0.6 is 57.5 Å². The van der Waals surface area contributed by atoms with Crippen molar-refractivity contribution < 1.29 is 16.8 Å². The van der Waals surface area contributed by atoms with Gasteiger partial charge in [0.2, 0.25) is 0 Å². The summed E-state index contributed by atoms with van der Waals surface area (Å²) in [6.45, 7) is 0. The van der Waals surface area contributed by atoms with Gasteiger partial charge >= 0.3 is 0 Å². The molecule has 4 rings (SSSR count). The van der Waals surface area contributed by atoms with Gasteiger partial charge in [-0.25, -0.2) is 16.8 Å². The second-order valence-corrected chi connectivity index (χ2v) is 14.2. The number of sulfonamides is 2. The molecule has 0 aliphatic heterocycles. The fraction of sp³-hybridized carbons (Fsp3) is 0. The number of hydrogen-bond donors (Lipinski definition) is 2. The highest BCUT2D eigenvalue weighted by Crippen LogP contribution is 2.36. The second-order valence-electron chi connectivity index (χ2n) is 6.57. The van der Waals surface area contributed by atoms with Gasteiger partial charge in [0, 0.05) is 10.6 Å². The summed E-state index contributed by atoms with van der Waals surface area (Å²) in [4.78, 5) is 0. The van der Waals surface area contributed by atoms with E-state index in [1.165, 1.54) is 36.4 Å². The van der Waals surface area contributed by atoms with E-state index in [4.69, 9.17) is 34.8 Å². The van der Waals surface area contributed by atoms with E-state index in [9.17, 15) is 16.8 Å². The minimum Gasteiger partial charge on any atom is -0.277 e. The van der Waals surface area contributed by atoms with E-state index in [0.29, 0.717) is 24.8 Å². The molecular formula is C20H13Cl3N2O4S4. The maximum atomic E-state index is 12.9. The minimum absolute atomic E-state index is 0.0125. The summed E-state index contributed by atoms with van der Waals surface area (Å²) in [5.41, 5.74) is 1.28. The lowest BCUT2D eigenvalue weighted by atomic mass is 10.0. The van der Waals surface area contributed by atoms with Crippen LogP contribution in [0.25, 0.3) is 11.1 Å². The standard InChI is InChI=1S/C20H13Cl3N2O4S4/c21-14-4-2-1-3-13(14)12-5-6-15(24-32(26,27)19-9-7-17(22)30-19)16(11-12)25-33(28,29)20-10-8-18(23)31-20/h1-11,24-25H. The molecule has 0 bridgehead atoms. The molecular weight excluding hydrogens is 567 g/mol. The molecule has 172 valence electrons. The van der Waals surface area contributed by atoms with E-state index in [2.05, 4.69) is 9.44 Å². The van der Waals surface area contributed by atoms with Crippen molar-refractivity contribution in [3.05, 3.63) is 80.4 Å². The molecule has 33 heavy (non-hydrogen) atoms. The molecule has 4 aromatic rings. The number of thiophene rings is 2. The van der Waals surface area contributed by atoms with Crippen LogP contribution in [0.4, 0.5) is 11.4 Å². The predicted octanol–water partition coefficient (Wildman–Crippen LogP) is 7.04. The minimum atomic E-state index is -4.04. The van der Waals surface area contributed by atoms with Gasteiger partial charge in [-0.2, -0.15) is 0 Å². The van der Waals surface area contributed by atoms with Gasteiger partial charge in [-0.05, 0) is 48.0 Å². The Kier molecular flexibility index (Phi) is 6.97. The van der Waals surface area contributed by atoms with Gasteiger partial charge in [-0.1, -0.05) is 59.1 Å². The molecule has 6 nitrogen and oxygen atoms in total. The molecule has 0 atom stereocenters. The Morgan fingerprint density at radius 1 is 0.636 bits per heavy atom. The van der Waals surface area contributed by atoms with Crippen molar-refractivity contribution in [1.82, 2.24) is 0 Å². The van der Waals surface area contributed by atoms with Gasteiger partial charge < -0.3 is 0 Å². The monoisotopic (exact) mass is 578 g/mol. The summed E-state index contributed by atoms with van der Waals surface area (Å²) >= 11 is 19.8. The fourth-order valence-corrected chi connectivity index (χ4v) is 8.22. The van der Waals surface area contributed by atoms with Gasteiger partial charge in [0.15, 0.2) is 0 Å². The average Bonchev–Trinajstić information content (AvgIpc) is 3.39. The topological polar surface area (TPSA) is 92.3 Å². The average molecular weight is 580 g/mol. The Morgan fingerprint density at radius 3 is 1.70 bits per heavy atom. The predicted molar refractivity (Wildman–Crippen MR) is 137 cm³/mol. The van der Waals surface area contributed by atoms with Crippen molar-refractivity contribution in [1.29, 1.82) is 0 Å². The lowest BCUT2D eigenvalue weighted by Gasteiger charge is -2.16. The van der Waals surface area contributed by atoms with Gasteiger partial charge in [0.05, 0.1) is 20.0 Å². The molecule has 2 aromatic heterocycles. The number of halogens is 3. The fourth-order valence-electron chi connectivity index (χ4n) is 2.85. The number of anilines is 2. The summed E-state index contributed by atoms with van der Waals surface area (Å²) < 4.78 is 57.0. The Morgan fingerprint density at radius 2 is 1.18 bits per heavy atom. The molecule has 0 spiro atoms. The molecule has 2 aromatic carbocycles. The van der Waals surface area contributed by atoms with Gasteiger partial charge in [-0.3, -0.25) is 9.44 Å². The second kappa shape index (κ2) is 9.46. The molecule has 0 aliphatic carbocycles. The first-order chi connectivity index (χ1) is 15.5. The molecule has 0 saturated carbocycles. The maximum absolute atomic E-state index is 12.9. The lowest BCUT2D eigenvalue weighted by molar-refractivity contribution is 0.601. The number of nitrogens with one attached hydrogen (secondary N) is 2. The molecule has 0 fully saturated rings. The molecule has 0 unspecified atom stereocenters. The van der Waals surface area contributed by atoms with Crippen molar-refractivity contribution in [2.75, 3.05) is 9.44 Å². The van der Waals surface area contributed by atoms with E-state index in [1.54, 1.807) is 30.3 Å². The zero-order valence-electron chi connectivity index (χ0n) is 16.3. The highest BCUT2D eigenvalue weighted by Gasteiger charge is 2.23. The molecule has 0 radical (unpaired) electrons. The molecule has 0 saturated heterocycles. The first-order valence-electron chi connectivity index (χ1n) is 9.00. The zero-order chi connectivity index (χ0) is 23.8. The smallest absolute Gasteiger partial charge is 0.271 e. The quantitative estimate of drug-likeness (QED) is 0.246. The Labute approximate surface area is 213 Å². The van der Waals surface area contributed by atoms with E-state index in [0.717, 1.165) is 22.7 Å². The molecule has 0 amide bonds. The number of rotatable bonds is 7. The Bertz CT molecular complexity index is 1550. The van der Waals surface area contributed by atoms with E-state index in [1.807, 2.05) is 0 Å². The van der Waals surface area contributed by atoms with Crippen LogP contribution in [0.3, 0.4) is 0 Å². The molecule has 0 aliphatic rings. The number of benzene rings is 2. The van der Waals surface area contributed by atoms with Crippen molar-refractivity contribution in [3.63, 3.8) is 0 Å². The lowest BCUT2D eigenvalue weighted by Crippen LogP contribution is -2.16. The van der Waals surface area contributed by atoms with Crippen LogP contribution in [-0.2, 0) is 20.0 Å². The molecule has 2 heterocycles. The van der Waals surface area contributed by atoms with Crippen LogP contribution in [-0.4, -0.2) is 16.8 Å². The molecule has 2 N–H and O–H groups in total. The van der Waals surface area contributed by atoms with Crippen LogP contribution in [0.1, 0.15) is 0 Å². The summed E-state index contributed by atoms with van der Waals surface area (Å²) in [7, 11) is -8.05. The number of hydrogen-bond acceptors (Lipinski definition) is 6. The first kappa shape index (κ1) is 24.3. The third-order valence-electron chi connectivity index (χ3n) is 4.32. The van der Waals surface area contributed by atoms with Crippen molar-refractivity contribution >= 4 is 88.9 Å². The van der Waals surface area contributed by atoms with Crippen LogP contribution in [0.5, 0.6) is 0 Å². The van der Waals surface area contributed by atoms with Crippen molar-refractivity contribution in [2.24, 2.45) is 0 Å². The van der Waals surface area contributed by atoms with Gasteiger partial charge in [-0.15, -0.1) is 22.7 Å². The van der Waals surface area contributed by atoms with Crippen molar-refractivity contribution in [3.8, 4) is 11.1 Å². The van der Waals surface area contributed by atoms with Gasteiger partial charge in [0.1, 0.15) is 8.42 Å². The summed E-state index contributed by atoms with van der Waals surface area (Å²) in [5.74, 6) is 0. The highest BCUT2D eigenvalue weighted by molar-refractivity contribution is 7.95. The zero-order valence-corrected chi connectivity index (χ0v) is 21.8. The van der Waals surface area contributed by atoms with Crippen LogP contribution in [0, 0.1) is 0 Å². The Balaban J connectivity index is 1.79. The van der Waals surface area contributed by atoms with Gasteiger partial charge in [0.25, 0.3) is 20.0 Å². The van der Waals surface area contributed by atoms with Crippen LogP contribution < -0.4 is 9.44 Å². The normalized spacial score (nSPS) is 12.0. The molecule has 13 heteroatoms. The Hall–Kier alpha value is -1.79. The van der Waals surface area contributed by atoms with E-state index >= 15 is 0 Å². The SMILES string of the molecule is O=S(=O)(Nc1ccc(-c2ccccc2Cl)cc1NS(=O)(=O)c1ccc(Cl)s1)c1ccc(Cl)s1. The third-order valence-corrected chi connectivity index (χ3v) is 10.8.